The number of hydrogen-bond acceptors (Lipinski definition) is 4. The first-order valence-corrected chi connectivity index (χ1v) is 12.2. The van der Waals surface area contributed by atoms with Crippen LogP contribution in [0.15, 0.2) is 67.0 Å². The standard InChI is InChI=1S/C28H30N4O3/c33-27(34)16-20-6-8-22(9-7-20)23-10-12-24(13-11-23)31-15-14-26-30-25(18-32(26)19-31)28(35)29-17-21-4-2-1-3-5-21/h1-5,10-15,18,20,22H,6-9,16-17,19H2,(H,29,35)(H,33,34). The van der Waals surface area contributed by atoms with Crippen molar-refractivity contribution in [2.45, 2.75) is 51.2 Å². The van der Waals surface area contributed by atoms with E-state index in [1.165, 1.54) is 5.56 Å². The molecule has 35 heavy (non-hydrogen) atoms. The van der Waals surface area contributed by atoms with Crippen molar-refractivity contribution in [3.8, 4) is 0 Å². The Kier molecular flexibility index (Phi) is 6.66. The average molecular weight is 471 g/mol. The van der Waals surface area contributed by atoms with Crippen LogP contribution in [0, 0.1) is 5.92 Å². The second-order valence-electron chi connectivity index (χ2n) is 9.46. The number of benzene rings is 2. The zero-order chi connectivity index (χ0) is 24.2. The van der Waals surface area contributed by atoms with Crippen molar-refractivity contribution in [1.82, 2.24) is 14.9 Å². The van der Waals surface area contributed by atoms with Gasteiger partial charge in [0.15, 0.2) is 0 Å². The van der Waals surface area contributed by atoms with E-state index in [0.717, 1.165) is 42.8 Å². The number of nitrogens with one attached hydrogen (secondary N) is 1. The van der Waals surface area contributed by atoms with Crippen LogP contribution < -0.4 is 10.2 Å². The number of imidazole rings is 1. The number of hydrogen-bond donors (Lipinski definition) is 2. The van der Waals surface area contributed by atoms with Crippen LogP contribution in [0.1, 0.15) is 65.5 Å². The molecule has 1 saturated carbocycles. The first-order valence-electron chi connectivity index (χ1n) is 12.2. The van der Waals surface area contributed by atoms with E-state index in [1.54, 1.807) is 6.20 Å². The van der Waals surface area contributed by atoms with Crippen molar-refractivity contribution < 1.29 is 14.7 Å². The molecule has 1 fully saturated rings. The van der Waals surface area contributed by atoms with E-state index in [9.17, 15) is 9.59 Å². The van der Waals surface area contributed by atoms with Gasteiger partial charge in [0.2, 0.25) is 0 Å². The molecule has 1 aliphatic carbocycles. The predicted octanol–water partition coefficient (Wildman–Crippen LogP) is 5.01. The monoisotopic (exact) mass is 470 g/mol. The number of amides is 1. The van der Waals surface area contributed by atoms with E-state index in [-0.39, 0.29) is 5.91 Å². The molecule has 2 aliphatic rings. The fraction of sp³-hybridized carbons (Fsp3) is 0.321. The Bertz CT molecular complexity index is 1210. The van der Waals surface area contributed by atoms with E-state index < -0.39 is 5.97 Å². The van der Waals surface area contributed by atoms with Gasteiger partial charge >= 0.3 is 5.97 Å². The van der Waals surface area contributed by atoms with Crippen molar-refractivity contribution >= 4 is 23.6 Å². The molecule has 0 unspecified atom stereocenters. The van der Waals surface area contributed by atoms with Gasteiger partial charge in [0.25, 0.3) is 5.91 Å². The molecule has 2 N–H and O–H groups in total. The maximum absolute atomic E-state index is 12.6. The Balaban J connectivity index is 1.18. The van der Waals surface area contributed by atoms with E-state index >= 15 is 0 Å². The molecule has 0 radical (unpaired) electrons. The van der Waals surface area contributed by atoms with Crippen LogP contribution in [-0.2, 0) is 18.0 Å². The fourth-order valence-electron chi connectivity index (χ4n) is 5.08. The summed E-state index contributed by atoms with van der Waals surface area (Å²) < 4.78 is 1.98. The maximum atomic E-state index is 12.6. The van der Waals surface area contributed by atoms with Crippen molar-refractivity contribution in [1.29, 1.82) is 0 Å². The molecule has 0 spiro atoms. The minimum Gasteiger partial charge on any atom is -0.481 e. The van der Waals surface area contributed by atoms with E-state index in [0.29, 0.717) is 37.2 Å². The second-order valence-corrected chi connectivity index (χ2v) is 9.46. The van der Waals surface area contributed by atoms with Crippen LogP contribution in [0.4, 0.5) is 5.69 Å². The van der Waals surface area contributed by atoms with Gasteiger partial charge in [0.1, 0.15) is 18.2 Å². The maximum Gasteiger partial charge on any atom is 0.303 e. The molecular formula is C28H30N4O3. The lowest BCUT2D eigenvalue weighted by Crippen LogP contribution is -2.24. The highest BCUT2D eigenvalue weighted by Gasteiger charge is 2.24. The molecule has 180 valence electrons. The van der Waals surface area contributed by atoms with Crippen LogP contribution >= 0.6 is 0 Å². The molecule has 0 bridgehead atoms. The molecule has 3 aromatic rings. The Morgan fingerprint density at radius 1 is 1.00 bits per heavy atom. The number of aliphatic carboxylic acids is 1. The summed E-state index contributed by atoms with van der Waals surface area (Å²) in [6.07, 6.45) is 10.1. The van der Waals surface area contributed by atoms with Gasteiger partial charge in [-0.05, 0) is 66.9 Å². The number of carbonyl (C=O) groups is 2. The van der Waals surface area contributed by atoms with Crippen LogP contribution in [-0.4, -0.2) is 26.5 Å². The summed E-state index contributed by atoms with van der Waals surface area (Å²) in [5.41, 5.74) is 3.87. The first-order chi connectivity index (χ1) is 17.0. The number of carbonyl (C=O) groups excluding carboxylic acids is 1. The van der Waals surface area contributed by atoms with Crippen LogP contribution in [0.5, 0.6) is 0 Å². The fourth-order valence-corrected chi connectivity index (χ4v) is 5.08. The van der Waals surface area contributed by atoms with Crippen molar-refractivity contribution in [3.63, 3.8) is 0 Å². The molecule has 1 amide bonds. The van der Waals surface area contributed by atoms with Crippen molar-refractivity contribution in [3.05, 3.63) is 89.6 Å². The lowest BCUT2D eigenvalue weighted by Gasteiger charge is -2.29. The lowest BCUT2D eigenvalue weighted by atomic mass is 9.77. The van der Waals surface area contributed by atoms with Gasteiger partial charge in [-0.3, -0.25) is 9.59 Å². The largest absolute Gasteiger partial charge is 0.481 e. The summed E-state index contributed by atoms with van der Waals surface area (Å²) in [7, 11) is 0. The number of fused-ring (bicyclic) bond motifs is 1. The number of nitrogens with zero attached hydrogens (tertiary/aromatic N) is 3. The Morgan fingerprint density at radius 3 is 2.46 bits per heavy atom. The number of carboxylic acid groups (broad SMARTS) is 1. The number of rotatable bonds is 7. The predicted molar refractivity (Wildman–Crippen MR) is 135 cm³/mol. The summed E-state index contributed by atoms with van der Waals surface area (Å²) in [5.74, 6) is 0.715. The van der Waals surface area contributed by atoms with Crippen LogP contribution in [0.25, 0.3) is 6.08 Å². The summed E-state index contributed by atoms with van der Waals surface area (Å²) in [4.78, 5) is 30.2. The van der Waals surface area contributed by atoms with Crippen molar-refractivity contribution in [2.75, 3.05) is 4.90 Å². The van der Waals surface area contributed by atoms with Gasteiger partial charge < -0.3 is 19.9 Å². The van der Waals surface area contributed by atoms with E-state index in [2.05, 4.69) is 39.5 Å². The first kappa shape index (κ1) is 22.9. The molecule has 7 nitrogen and oxygen atoms in total. The lowest BCUT2D eigenvalue weighted by molar-refractivity contribution is -0.138. The highest BCUT2D eigenvalue weighted by atomic mass is 16.4. The van der Waals surface area contributed by atoms with Gasteiger partial charge in [-0.25, -0.2) is 4.98 Å². The zero-order valence-electron chi connectivity index (χ0n) is 19.6. The molecule has 2 aromatic carbocycles. The highest BCUT2D eigenvalue weighted by molar-refractivity contribution is 5.92. The van der Waals surface area contributed by atoms with Crippen LogP contribution in [0.3, 0.4) is 0 Å². The quantitative estimate of drug-likeness (QED) is 0.507. The van der Waals surface area contributed by atoms with Gasteiger partial charge in [-0.15, -0.1) is 0 Å². The minimum absolute atomic E-state index is 0.182. The molecule has 5 rings (SSSR count). The molecule has 7 heteroatoms. The smallest absolute Gasteiger partial charge is 0.303 e. The van der Waals surface area contributed by atoms with Gasteiger partial charge in [-0.1, -0.05) is 42.5 Å². The molecule has 1 aromatic heterocycles. The SMILES string of the molecule is O=C(O)CC1CCC(c2ccc(N3C=Cc4nc(C(=O)NCc5ccccc5)cn4C3)cc2)CC1. The number of carboxylic acids is 1. The molecule has 0 saturated heterocycles. The summed E-state index contributed by atoms with van der Waals surface area (Å²) in [5, 5.41) is 12.0. The topological polar surface area (TPSA) is 87.5 Å². The third kappa shape index (κ3) is 5.45. The van der Waals surface area contributed by atoms with E-state index in [4.69, 9.17) is 5.11 Å². The Morgan fingerprint density at radius 2 is 1.74 bits per heavy atom. The van der Waals surface area contributed by atoms with Gasteiger partial charge in [0.05, 0.1) is 0 Å². The summed E-state index contributed by atoms with van der Waals surface area (Å²) >= 11 is 0. The third-order valence-corrected chi connectivity index (χ3v) is 7.05. The molecule has 2 heterocycles. The Labute approximate surface area is 205 Å². The average Bonchev–Trinajstić information content (AvgIpc) is 3.32. The molecule has 1 aliphatic heterocycles. The normalized spacial score (nSPS) is 19.3. The molecular weight excluding hydrogens is 440 g/mol. The van der Waals surface area contributed by atoms with Crippen molar-refractivity contribution in [2.24, 2.45) is 5.92 Å². The highest BCUT2D eigenvalue weighted by Crippen LogP contribution is 2.37. The third-order valence-electron chi connectivity index (χ3n) is 7.05. The summed E-state index contributed by atoms with van der Waals surface area (Å²) in [6.45, 7) is 1.06. The zero-order valence-corrected chi connectivity index (χ0v) is 19.6. The number of aromatic nitrogens is 2. The van der Waals surface area contributed by atoms with Crippen LogP contribution in [0.2, 0.25) is 0 Å². The van der Waals surface area contributed by atoms with Gasteiger partial charge in [0, 0.05) is 31.0 Å². The summed E-state index contributed by atoms with van der Waals surface area (Å²) in [6, 6.07) is 18.5. The minimum atomic E-state index is -0.687. The Hall–Kier alpha value is -3.87. The second kappa shape index (κ2) is 10.2. The molecule has 0 atom stereocenters. The van der Waals surface area contributed by atoms with E-state index in [1.807, 2.05) is 47.2 Å². The number of anilines is 1. The van der Waals surface area contributed by atoms with Gasteiger partial charge in [-0.2, -0.15) is 0 Å².